The fourth-order valence-corrected chi connectivity index (χ4v) is 2.72. The van der Waals surface area contributed by atoms with Crippen LogP contribution < -0.4 is 10.2 Å². The van der Waals surface area contributed by atoms with Gasteiger partial charge in [0.2, 0.25) is 5.91 Å². The average molecular weight is 330 g/mol. The molecule has 2 fully saturated rings. The van der Waals surface area contributed by atoms with E-state index in [0.717, 1.165) is 37.1 Å². The molecule has 0 aromatic heterocycles. The number of benzene rings is 1. The first-order valence-electron chi connectivity index (χ1n) is 8.42. The summed E-state index contributed by atoms with van der Waals surface area (Å²) in [6.07, 6.45) is 2.80. The second kappa shape index (κ2) is 7.03. The van der Waals surface area contributed by atoms with Gasteiger partial charge in [-0.15, -0.1) is 0 Å². The summed E-state index contributed by atoms with van der Waals surface area (Å²) in [5.74, 6) is -0.537. The van der Waals surface area contributed by atoms with Crippen molar-refractivity contribution >= 4 is 23.5 Å². The largest absolute Gasteiger partial charge is 0.452 e. The number of nitrogens with one attached hydrogen (secondary N) is 1. The van der Waals surface area contributed by atoms with Crippen molar-refractivity contribution < 1.29 is 19.1 Å². The van der Waals surface area contributed by atoms with Crippen molar-refractivity contribution in [3.8, 4) is 0 Å². The predicted octanol–water partition coefficient (Wildman–Crippen LogP) is 1.57. The Bertz CT molecular complexity index is 637. The van der Waals surface area contributed by atoms with Gasteiger partial charge < -0.3 is 15.0 Å². The zero-order valence-electron chi connectivity index (χ0n) is 13.8. The second-order valence-corrected chi connectivity index (χ2v) is 6.41. The molecule has 128 valence electrons. The molecule has 1 saturated heterocycles. The van der Waals surface area contributed by atoms with Crippen LogP contribution in [0.15, 0.2) is 24.3 Å². The molecule has 1 N–H and O–H groups in total. The Hall–Kier alpha value is -2.37. The van der Waals surface area contributed by atoms with Gasteiger partial charge in [0.15, 0.2) is 6.10 Å². The SMILES string of the molecule is C[C@@H](OC(=O)Cc1ccc(N2CCCC2=O)cc1)C(=O)NC1CC1. The van der Waals surface area contributed by atoms with Gasteiger partial charge in [-0.2, -0.15) is 0 Å². The van der Waals surface area contributed by atoms with Gasteiger partial charge in [-0.05, 0) is 43.9 Å². The molecule has 6 nitrogen and oxygen atoms in total. The summed E-state index contributed by atoms with van der Waals surface area (Å²) < 4.78 is 5.18. The number of esters is 1. The van der Waals surface area contributed by atoms with E-state index in [0.29, 0.717) is 6.42 Å². The molecule has 1 aliphatic heterocycles. The summed E-state index contributed by atoms with van der Waals surface area (Å²) >= 11 is 0. The molecule has 2 aliphatic rings. The molecule has 1 heterocycles. The maximum atomic E-state index is 12.0. The first kappa shape index (κ1) is 16.5. The van der Waals surface area contributed by atoms with Gasteiger partial charge in [0.25, 0.3) is 5.91 Å². The highest BCUT2D eigenvalue weighted by molar-refractivity contribution is 5.95. The van der Waals surface area contributed by atoms with Crippen LogP contribution in [0.1, 0.15) is 38.2 Å². The smallest absolute Gasteiger partial charge is 0.311 e. The van der Waals surface area contributed by atoms with Crippen LogP contribution in [0.25, 0.3) is 0 Å². The monoisotopic (exact) mass is 330 g/mol. The molecule has 1 atom stereocenters. The number of hydrogen-bond donors (Lipinski definition) is 1. The quantitative estimate of drug-likeness (QED) is 0.803. The van der Waals surface area contributed by atoms with E-state index in [1.807, 2.05) is 24.3 Å². The third-order valence-corrected chi connectivity index (χ3v) is 4.27. The second-order valence-electron chi connectivity index (χ2n) is 6.41. The van der Waals surface area contributed by atoms with E-state index in [4.69, 9.17) is 4.74 Å². The Kier molecular flexibility index (Phi) is 4.83. The number of amides is 2. The standard InChI is InChI=1S/C18H22N2O4/c1-12(18(23)19-14-6-7-14)24-17(22)11-13-4-8-15(9-5-13)20-10-2-3-16(20)21/h4-5,8-9,12,14H,2-3,6-7,10-11H2,1H3,(H,19,23)/t12-/m1/s1. The molecule has 24 heavy (non-hydrogen) atoms. The van der Waals surface area contributed by atoms with Crippen molar-refractivity contribution in [2.75, 3.05) is 11.4 Å². The highest BCUT2D eigenvalue weighted by atomic mass is 16.5. The van der Waals surface area contributed by atoms with Gasteiger partial charge in [0, 0.05) is 24.7 Å². The summed E-state index contributed by atoms with van der Waals surface area (Å²) in [6.45, 7) is 2.32. The Morgan fingerprint density at radius 1 is 1.29 bits per heavy atom. The number of ether oxygens (including phenoxy) is 1. The number of hydrogen-bond acceptors (Lipinski definition) is 4. The molecule has 2 amide bonds. The zero-order chi connectivity index (χ0) is 17.1. The summed E-state index contributed by atoms with van der Waals surface area (Å²) in [5.41, 5.74) is 1.65. The molecular formula is C18H22N2O4. The number of carbonyl (C=O) groups is 3. The predicted molar refractivity (Wildman–Crippen MR) is 88.5 cm³/mol. The lowest BCUT2D eigenvalue weighted by Crippen LogP contribution is -2.37. The topological polar surface area (TPSA) is 75.7 Å². The molecule has 1 aromatic rings. The van der Waals surface area contributed by atoms with Crippen LogP contribution in [0.4, 0.5) is 5.69 Å². The van der Waals surface area contributed by atoms with Gasteiger partial charge in [0.05, 0.1) is 6.42 Å². The van der Waals surface area contributed by atoms with Gasteiger partial charge in [-0.1, -0.05) is 12.1 Å². The molecule has 0 bridgehead atoms. The van der Waals surface area contributed by atoms with Crippen LogP contribution in [0.3, 0.4) is 0 Å². The number of carbonyl (C=O) groups excluding carboxylic acids is 3. The van der Waals surface area contributed by atoms with Crippen molar-refractivity contribution in [1.29, 1.82) is 0 Å². The van der Waals surface area contributed by atoms with E-state index < -0.39 is 12.1 Å². The minimum atomic E-state index is -0.778. The Morgan fingerprint density at radius 2 is 2.00 bits per heavy atom. The zero-order valence-corrected chi connectivity index (χ0v) is 13.8. The Balaban J connectivity index is 1.50. The molecule has 3 rings (SSSR count). The maximum Gasteiger partial charge on any atom is 0.311 e. The van der Waals surface area contributed by atoms with Crippen molar-refractivity contribution in [2.24, 2.45) is 0 Å². The first-order chi connectivity index (χ1) is 11.5. The third-order valence-electron chi connectivity index (χ3n) is 4.27. The van der Waals surface area contributed by atoms with E-state index in [2.05, 4.69) is 5.32 Å². The molecule has 6 heteroatoms. The van der Waals surface area contributed by atoms with Crippen LogP contribution in [-0.4, -0.2) is 36.5 Å². The molecule has 0 spiro atoms. The van der Waals surface area contributed by atoms with E-state index in [1.54, 1.807) is 11.8 Å². The Morgan fingerprint density at radius 3 is 2.58 bits per heavy atom. The lowest BCUT2D eigenvalue weighted by Gasteiger charge is -2.16. The molecular weight excluding hydrogens is 308 g/mol. The van der Waals surface area contributed by atoms with Crippen LogP contribution in [0.5, 0.6) is 0 Å². The van der Waals surface area contributed by atoms with E-state index in [9.17, 15) is 14.4 Å². The van der Waals surface area contributed by atoms with Crippen molar-refractivity contribution in [3.05, 3.63) is 29.8 Å². The number of rotatable bonds is 6. The normalized spacial score (nSPS) is 18.4. The molecule has 1 aliphatic carbocycles. The van der Waals surface area contributed by atoms with Gasteiger partial charge in [-0.3, -0.25) is 14.4 Å². The van der Waals surface area contributed by atoms with Crippen LogP contribution in [0.2, 0.25) is 0 Å². The summed E-state index contributed by atoms with van der Waals surface area (Å²) in [4.78, 5) is 37.2. The number of anilines is 1. The fraction of sp³-hybridized carbons (Fsp3) is 0.500. The summed E-state index contributed by atoms with van der Waals surface area (Å²) in [6, 6.07) is 7.57. The maximum absolute atomic E-state index is 12.0. The Labute approximate surface area is 141 Å². The first-order valence-corrected chi connectivity index (χ1v) is 8.42. The fourth-order valence-electron chi connectivity index (χ4n) is 2.72. The lowest BCUT2D eigenvalue weighted by molar-refractivity contribution is -0.154. The molecule has 1 saturated carbocycles. The van der Waals surface area contributed by atoms with Crippen LogP contribution >= 0.6 is 0 Å². The number of nitrogens with zero attached hydrogens (tertiary/aromatic N) is 1. The third kappa shape index (κ3) is 4.13. The summed E-state index contributed by atoms with van der Waals surface area (Å²) in [7, 11) is 0. The van der Waals surface area contributed by atoms with Crippen molar-refractivity contribution in [2.45, 2.75) is 51.2 Å². The molecule has 0 unspecified atom stereocenters. The van der Waals surface area contributed by atoms with Crippen molar-refractivity contribution in [1.82, 2.24) is 5.32 Å². The minimum absolute atomic E-state index is 0.106. The van der Waals surface area contributed by atoms with Gasteiger partial charge in [-0.25, -0.2) is 0 Å². The van der Waals surface area contributed by atoms with Crippen molar-refractivity contribution in [3.63, 3.8) is 0 Å². The average Bonchev–Trinajstić information content (AvgIpc) is 3.26. The summed E-state index contributed by atoms with van der Waals surface area (Å²) in [5, 5.41) is 2.81. The highest BCUT2D eigenvalue weighted by Gasteiger charge is 2.27. The van der Waals surface area contributed by atoms with Crippen LogP contribution in [-0.2, 0) is 25.5 Å². The highest BCUT2D eigenvalue weighted by Crippen LogP contribution is 2.22. The van der Waals surface area contributed by atoms with E-state index in [1.165, 1.54) is 0 Å². The molecule has 1 aromatic carbocycles. The lowest BCUT2D eigenvalue weighted by atomic mass is 10.1. The van der Waals surface area contributed by atoms with Gasteiger partial charge >= 0.3 is 5.97 Å². The minimum Gasteiger partial charge on any atom is -0.452 e. The van der Waals surface area contributed by atoms with E-state index >= 15 is 0 Å². The van der Waals surface area contributed by atoms with Crippen LogP contribution in [0, 0.1) is 0 Å². The van der Waals surface area contributed by atoms with E-state index in [-0.39, 0.29) is 24.3 Å². The molecule has 0 radical (unpaired) electrons. The van der Waals surface area contributed by atoms with Gasteiger partial charge in [0.1, 0.15) is 0 Å².